The average Bonchev–Trinajstić information content (AvgIpc) is 0.976. The maximum atomic E-state index is 12.1. The second-order valence-corrected chi connectivity index (χ2v) is 37.3. The van der Waals surface area contributed by atoms with Gasteiger partial charge in [0.2, 0.25) is 17.7 Å². The van der Waals surface area contributed by atoms with Gasteiger partial charge in [-0.15, -0.1) is 0 Å². The van der Waals surface area contributed by atoms with Gasteiger partial charge in [-0.25, -0.2) is 14.4 Å². The van der Waals surface area contributed by atoms with Gasteiger partial charge in [0.1, 0.15) is 18.3 Å². The zero-order valence-electron chi connectivity index (χ0n) is 78.8. The highest BCUT2D eigenvalue weighted by Gasteiger charge is 2.41. The highest BCUT2D eigenvalue weighted by Crippen LogP contribution is 2.35. The van der Waals surface area contributed by atoms with Gasteiger partial charge < -0.3 is 88.2 Å². The Hall–Kier alpha value is -7.22. The average molecular weight is 1710 g/mol. The third-order valence-electron chi connectivity index (χ3n) is 25.8. The maximum absolute atomic E-state index is 12.1. The lowest BCUT2D eigenvalue weighted by Crippen LogP contribution is -2.55. The van der Waals surface area contributed by atoms with E-state index in [4.69, 9.17) is 31.4 Å². The Balaban J connectivity index is 0.000000915. The van der Waals surface area contributed by atoms with Crippen LogP contribution in [0.3, 0.4) is 0 Å². The molecule has 17 N–H and O–H groups in total. The van der Waals surface area contributed by atoms with Gasteiger partial charge in [-0.3, -0.25) is 14.4 Å². The van der Waals surface area contributed by atoms with E-state index < -0.39 is 85.4 Å². The lowest BCUT2D eigenvalue weighted by Gasteiger charge is -2.37. The van der Waals surface area contributed by atoms with E-state index in [-0.39, 0.29) is 148 Å². The van der Waals surface area contributed by atoms with Crippen LogP contribution in [0, 0.1) is 124 Å². The van der Waals surface area contributed by atoms with E-state index in [2.05, 4.69) is 73.8 Å². The molecule has 0 radical (unpaired) electrons. The highest BCUT2D eigenvalue weighted by atomic mass is 16.6. The summed E-state index contributed by atoms with van der Waals surface area (Å²) < 4.78 is 16.1. The summed E-state index contributed by atoms with van der Waals surface area (Å²) in [5.74, 6) is -1.86. The fourth-order valence-electron chi connectivity index (χ4n) is 17.9. The number of piperidine rings is 3. The Morgan fingerprint density at radius 1 is 0.410 bits per heavy atom. The molecule has 3 rings (SSSR count). The van der Waals surface area contributed by atoms with Crippen molar-refractivity contribution in [2.45, 2.75) is 316 Å². The number of primary amides is 3. The first kappa shape index (κ1) is 113. The monoisotopic (exact) mass is 1710 g/mol. The van der Waals surface area contributed by atoms with Gasteiger partial charge in [0.15, 0.2) is 0 Å². The molecule has 0 spiro atoms. The summed E-state index contributed by atoms with van der Waals surface area (Å²) in [6.07, 6.45) is 31.5. The molecule has 0 aliphatic carbocycles. The van der Waals surface area contributed by atoms with Gasteiger partial charge in [-0.05, 0) is 115 Å². The molecule has 35 atom stereocenters. The van der Waals surface area contributed by atoms with Crippen LogP contribution in [0.4, 0.5) is 14.4 Å². The number of nitrogens with two attached hydrogens (primary N) is 3. The Labute approximate surface area is 735 Å². The standard InChI is InChI=1S/2C33H56N2O6.C33H56N2O5/c1-10-11-14-21(4)31(41-33(34)40)25(8)29(37)23(6)18-19(2)17-22(5)28(36)20(3)15-12-13-16-27-24(7)30(38)26(9)32(39)35-27;1-10-11-12-21(4)31(41-33(34)40)26(9)30(38)24(7)16-19(2)15-23(6)29(37)20(3)13-14-27(36)18-28-22(5)17-25(8)32(39)35-28;1-10-11-14-22(4)31(40-33(34)39)27(9)30(37)25(7)18-20(2)17-24(6)29(36)21(3)15-12-13-16-28-23(5)19-26(8)32(38)35-28/h10-12,14-15,17,20-31,36-38H,1,13,16,18H2,2-9H3,(H2,34,40)(H,35,39);10-15,20-31,36-38H,1,16-18H2,2-9H3,(H2,34,40)(H,35,39);10-12,14-15,17,21-31,36-37H,1,13,16,18-19H2,2-9H3,(H2,34,39)(H,35,38)/b14-11-,15-12-,19-17-;12-11-,14-13-,19-15-;14-11-,15-12-,20-17-/t20-,21-,22-,23-,24-,25-,26+,27-,28-,29+,30-,31-;20-,21-,22+,23-,24-,25+,26-,27+,28-,29-,30+,31-;21-,22-,23+,24-,25-,26+,27-,28-,29-,30+,31-/m000/s1. The van der Waals surface area contributed by atoms with E-state index in [1.165, 1.54) is 0 Å². The number of rotatable bonds is 48. The Morgan fingerprint density at radius 2 is 0.705 bits per heavy atom. The fourth-order valence-corrected chi connectivity index (χ4v) is 17.9. The molecule has 3 aliphatic heterocycles. The lowest BCUT2D eigenvalue weighted by molar-refractivity contribution is -0.135. The number of carbonyl (C=O) groups excluding carboxylic acids is 6. The van der Waals surface area contributed by atoms with Crippen LogP contribution in [0.2, 0.25) is 0 Å². The van der Waals surface area contributed by atoms with Crippen LogP contribution in [0.5, 0.6) is 0 Å². The van der Waals surface area contributed by atoms with E-state index in [1.54, 1.807) is 49.5 Å². The summed E-state index contributed by atoms with van der Waals surface area (Å²) >= 11 is 0. The second-order valence-electron chi connectivity index (χ2n) is 37.3. The zero-order chi connectivity index (χ0) is 93.4. The first-order valence-electron chi connectivity index (χ1n) is 45.0. The van der Waals surface area contributed by atoms with Crippen LogP contribution in [0.15, 0.2) is 146 Å². The smallest absolute Gasteiger partial charge is 0.404 e. The molecule has 3 fully saturated rings. The summed E-state index contributed by atoms with van der Waals surface area (Å²) in [6, 6.07) is 0.0859. The van der Waals surface area contributed by atoms with Crippen molar-refractivity contribution in [2.24, 2.45) is 141 Å². The molecule has 23 nitrogen and oxygen atoms in total. The Bertz CT molecular complexity index is 3460. The molecule has 0 bridgehead atoms. The number of hydrogen-bond donors (Lipinski definition) is 14. The largest absolute Gasteiger partial charge is 0.445 e. The van der Waals surface area contributed by atoms with E-state index in [0.29, 0.717) is 37.5 Å². The molecule has 0 saturated carbocycles. The van der Waals surface area contributed by atoms with E-state index in [9.17, 15) is 69.6 Å². The first-order chi connectivity index (χ1) is 56.9. The summed E-state index contributed by atoms with van der Waals surface area (Å²) in [5, 5.41) is 96.1. The second kappa shape index (κ2) is 57.4. The van der Waals surface area contributed by atoms with E-state index in [0.717, 1.165) is 55.2 Å². The fraction of sp³-hybridized carbons (Fsp3) is 0.697. The third-order valence-corrected chi connectivity index (χ3v) is 25.8. The van der Waals surface area contributed by atoms with Crippen molar-refractivity contribution in [1.29, 1.82) is 0 Å². The molecule has 3 aliphatic rings. The molecule has 3 saturated heterocycles. The van der Waals surface area contributed by atoms with Crippen LogP contribution >= 0.6 is 0 Å². The molecule has 6 amide bonds. The van der Waals surface area contributed by atoms with Gasteiger partial charge in [-0.2, -0.15) is 0 Å². The van der Waals surface area contributed by atoms with Crippen LogP contribution in [0.25, 0.3) is 0 Å². The number of amides is 6. The van der Waals surface area contributed by atoms with Crippen LogP contribution in [0.1, 0.15) is 230 Å². The number of aliphatic hydroxyl groups excluding tert-OH is 8. The van der Waals surface area contributed by atoms with Crippen molar-refractivity contribution in [1.82, 2.24) is 16.0 Å². The number of nitrogens with one attached hydrogen (secondary N) is 3. The van der Waals surface area contributed by atoms with Gasteiger partial charge >= 0.3 is 18.3 Å². The van der Waals surface area contributed by atoms with Crippen LogP contribution in [-0.4, -0.2) is 162 Å². The quantitative estimate of drug-likeness (QED) is 0.0153. The van der Waals surface area contributed by atoms with Crippen molar-refractivity contribution in [2.75, 3.05) is 0 Å². The normalized spacial score (nSPS) is 27.0. The highest BCUT2D eigenvalue weighted by molar-refractivity contribution is 5.81. The third kappa shape index (κ3) is 40.0. The predicted molar refractivity (Wildman–Crippen MR) is 493 cm³/mol. The SMILES string of the molecule is C=C/C=C\[C@H](C)[C@H](OC(N)=O)[C@@H](C)[C@H](O)[C@@H](C)C/C(C)=C\[C@H](C)[C@@H](O)[C@@H](C)/C=C\CC[C@@H]1NC(=O)[C@H](C)C[C@H]1C.C=C/C=C\[C@H](C)[C@H](OC(N)=O)[C@@H](C)[C@H](O)[C@@H](C)C/C(C)=C\[C@H](C)[C@@H](O)[C@@H](C)/C=C\CC[C@@H]1NC(=O)[C@H](C)[C@@H](O)[C@H]1C.C=C/C=C\[C@H](C)[C@H](OC(N)=O)[C@@H](C)[C@H](O)[C@@H](C)C/C(C)=C\[C@H](C)[C@@H](O)[C@@H](C)/C=C\[C@@H](O)C[C@@H]1NC(=O)[C@H](C)C[C@H]1C. The molecule has 23 heteroatoms. The van der Waals surface area contributed by atoms with Crippen molar-refractivity contribution in [3.8, 4) is 0 Å². The number of aliphatic hydroxyl groups is 8. The van der Waals surface area contributed by atoms with Gasteiger partial charge in [-0.1, -0.05) is 291 Å². The Morgan fingerprint density at radius 3 is 1.02 bits per heavy atom. The van der Waals surface area contributed by atoms with Crippen molar-refractivity contribution < 1.29 is 83.8 Å². The molecule has 3 heterocycles. The minimum absolute atomic E-state index is 0.00182. The molecule has 696 valence electrons. The van der Waals surface area contributed by atoms with E-state index in [1.807, 2.05) is 188 Å². The van der Waals surface area contributed by atoms with E-state index >= 15 is 0 Å². The lowest BCUT2D eigenvalue weighted by atomic mass is 9.81. The summed E-state index contributed by atoms with van der Waals surface area (Å²) in [4.78, 5) is 70.6. The summed E-state index contributed by atoms with van der Waals surface area (Å²) in [5.41, 5.74) is 19.1. The Kier molecular flexibility index (Phi) is 53.1. The molecule has 0 aromatic carbocycles. The molecule has 0 aromatic heterocycles. The van der Waals surface area contributed by atoms with Gasteiger partial charge in [0.25, 0.3) is 0 Å². The number of ether oxygens (including phenoxy) is 3. The molecular formula is C99H168N6O17. The number of carbonyl (C=O) groups is 6. The van der Waals surface area contributed by atoms with Gasteiger partial charge in [0, 0.05) is 107 Å². The predicted octanol–water partition coefficient (Wildman–Crippen LogP) is 15.7. The van der Waals surface area contributed by atoms with Crippen LogP contribution < -0.4 is 33.2 Å². The maximum Gasteiger partial charge on any atom is 0.404 e. The molecule has 0 aromatic rings. The summed E-state index contributed by atoms with van der Waals surface area (Å²) in [7, 11) is 0. The molecule has 122 heavy (non-hydrogen) atoms. The minimum Gasteiger partial charge on any atom is -0.445 e. The molecule has 0 unspecified atom stereocenters. The minimum atomic E-state index is -0.875. The van der Waals surface area contributed by atoms with Crippen LogP contribution in [-0.2, 0) is 28.6 Å². The topological polar surface area (TPSA) is 406 Å². The van der Waals surface area contributed by atoms with Crippen molar-refractivity contribution in [3.05, 3.63) is 146 Å². The van der Waals surface area contributed by atoms with Crippen molar-refractivity contribution in [3.63, 3.8) is 0 Å². The molecular weight excluding hydrogens is 1550 g/mol. The zero-order valence-corrected chi connectivity index (χ0v) is 78.8. The number of hydrogen-bond acceptors (Lipinski definition) is 17. The van der Waals surface area contributed by atoms with Crippen molar-refractivity contribution >= 4 is 36.0 Å². The van der Waals surface area contributed by atoms with Gasteiger partial charge in [0.05, 0.1) is 54.7 Å². The summed E-state index contributed by atoms with van der Waals surface area (Å²) in [6.45, 7) is 58.0. The first-order valence-corrected chi connectivity index (χ1v) is 45.0. The number of allylic oxidation sites excluding steroid dienone is 11.